The van der Waals surface area contributed by atoms with Crippen LogP contribution in [0.3, 0.4) is 0 Å². The van der Waals surface area contributed by atoms with Crippen LogP contribution in [0.5, 0.6) is 11.5 Å². The molecule has 1 heterocycles. The molecule has 7 nitrogen and oxygen atoms in total. The van der Waals surface area contributed by atoms with Gasteiger partial charge in [0.1, 0.15) is 17.3 Å². The number of fused-ring (bicyclic) bond motifs is 2. The summed E-state index contributed by atoms with van der Waals surface area (Å²) >= 11 is 0. The van der Waals surface area contributed by atoms with E-state index in [0.717, 1.165) is 12.1 Å². The maximum absolute atomic E-state index is 14.9. The molecule has 34 heavy (non-hydrogen) atoms. The number of anilines is 1. The van der Waals surface area contributed by atoms with Crippen molar-refractivity contribution in [2.75, 3.05) is 4.90 Å². The quantitative estimate of drug-likeness (QED) is 0.517. The van der Waals surface area contributed by atoms with Gasteiger partial charge in [-0.3, -0.25) is 14.5 Å². The molecule has 0 saturated heterocycles. The number of rotatable bonds is 7. The van der Waals surface area contributed by atoms with Crippen molar-refractivity contribution in [3.05, 3.63) is 65.0 Å². The number of halogens is 3. The van der Waals surface area contributed by atoms with Gasteiger partial charge in [-0.25, -0.2) is 4.39 Å². The maximum Gasteiger partial charge on any atom is 0.387 e. The van der Waals surface area contributed by atoms with Crippen LogP contribution in [0.4, 0.5) is 18.9 Å². The van der Waals surface area contributed by atoms with Gasteiger partial charge in [0.25, 0.3) is 5.91 Å². The van der Waals surface area contributed by atoms with Crippen molar-refractivity contribution in [3.63, 3.8) is 0 Å². The van der Waals surface area contributed by atoms with Crippen LogP contribution in [0.2, 0.25) is 0 Å². The molecule has 3 aromatic carbocycles. The number of ether oxygens (including phenoxy) is 2. The highest BCUT2D eigenvalue weighted by atomic mass is 19.3. The monoisotopic (exact) mass is 475 g/mol. The van der Waals surface area contributed by atoms with E-state index < -0.39 is 48.8 Å². The number of aliphatic hydroxyl groups excluding tert-OH is 1. The third-order valence-electron chi connectivity index (χ3n) is 5.28. The van der Waals surface area contributed by atoms with Crippen LogP contribution < -0.4 is 14.4 Å². The molecular weight excluding hydrogens is 455 g/mol. The molecule has 4 rings (SSSR count). The number of nitrogens with zero attached hydrogens (tertiary/aromatic N) is 1. The van der Waals surface area contributed by atoms with Crippen LogP contribution in [0.25, 0.3) is 10.8 Å². The summed E-state index contributed by atoms with van der Waals surface area (Å²) in [6.45, 7) is 0.158. The number of aliphatic hydroxyl groups is 1. The molecule has 1 aliphatic rings. The van der Waals surface area contributed by atoms with Crippen molar-refractivity contribution in [1.82, 2.24) is 0 Å². The molecule has 3 aromatic rings. The zero-order valence-corrected chi connectivity index (χ0v) is 18.1. The van der Waals surface area contributed by atoms with Crippen LogP contribution in [-0.4, -0.2) is 34.8 Å². The minimum atomic E-state index is -3.26. The fourth-order valence-corrected chi connectivity index (χ4v) is 4.06. The lowest BCUT2D eigenvalue weighted by Crippen LogP contribution is -2.28. The Balaban J connectivity index is 1.95. The third-order valence-corrected chi connectivity index (χ3v) is 5.28. The molecule has 0 aromatic heterocycles. The van der Waals surface area contributed by atoms with Gasteiger partial charge in [0, 0.05) is 10.8 Å². The first-order valence-corrected chi connectivity index (χ1v) is 10.3. The van der Waals surface area contributed by atoms with E-state index in [4.69, 9.17) is 14.6 Å². The van der Waals surface area contributed by atoms with Crippen molar-refractivity contribution in [2.24, 2.45) is 0 Å². The summed E-state index contributed by atoms with van der Waals surface area (Å²) in [5.74, 6) is -3.38. The zero-order chi connectivity index (χ0) is 24.7. The molecule has 0 fully saturated rings. The van der Waals surface area contributed by atoms with E-state index in [1.54, 1.807) is 32.0 Å². The topological polar surface area (TPSA) is 96.3 Å². The SMILES string of the molecule is CC(C)Oc1c2c(c(OC(F)F)c3ccccc13)C(O)N(c1ccc(CC(=O)O)cc1F)C2=O. The minimum Gasteiger partial charge on any atom is -0.490 e. The van der Waals surface area contributed by atoms with Gasteiger partial charge in [-0.05, 0) is 31.5 Å². The molecule has 1 atom stereocenters. The number of carboxylic acids is 1. The molecular formula is C24H20F3NO6. The number of carbonyl (C=O) groups excluding carboxylic acids is 1. The fraction of sp³-hybridized carbons (Fsp3) is 0.250. The summed E-state index contributed by atoms with van der Waals surface area (Å²) < 4.78 is 52.2. The van der Waals surface area contributed by atoms with Gasteiger partial charge in [0.15, 0.2) is 6.23 Å². The predicted octanol–water partition coefficient (Wildman–Crippen LogP) is 4.65. The Morgan fingerprint density at radius 2 is 1.74 bits per heavy atom. The Morgan fingerprint density at radius 3 is 2.29 bits per heavy atom. The Hall–Kier alpha value is -3.79. The van der Waals surface area contributed by atoms with Gasteiger partial charge in [-0.15, -0.1) is 0 Å². The fourth-order valence-electron chi connectivity index (χ4n) is 4.06. The second-order valence-electron chi connectivity index (χ2n) is 7.94. The van der Waals surface area contributed by atoms with E-state index in [2.05, 4.69) is 0 Å². The van der Waals surface area contributed by atoms with Gasteiger partial charge < -0.3 is 19.7 Å². The van der Waals surface area contributed by atoms with Crippen LogP contribution in [0, 0.1) is 5.82 Å². The van der Waals surface area contributed by atoms with Gasteiger partial charge >= 0.3 is 12.6 Å². The Bertz CT molecular complexity index is 1290. The van der Waals surface area contributed by atoms with E-state index in [-0.39, 0.29) is 33.5 Å². The number of carboxylic acid groups (broad SMARTS) is 1. The largest absolute Gasteiger partial charge is 0.490 e. The zero-order valence-electron chi connectivity index (χ0n) is 18.1. The molecule has 1 unspecified atom stereocenters. The second-order valence-corrected chi connectivity index (χ2v) is 7.94. The molecule has 2 N–H and O–H groups in total. The van der Waals surface area contributed by atoms with Crippen molar-refractivity contribution in [3.8, 4) is 11.5 Å². The van der Waals surface area contributed by atoms with Gasteiger partial charge in [0.2, 0.25) is 0 Å². The van der Waals surface area contributed by atoms with Crippen LogP contribution in [0.15, 0.2) is 42.5 Å². The standard InChI is InChI=1S/C24H20F3NO6/c1-11(2)33-20-13-5-3-4-6-14(13)21(34-24(26)27)19-18(20)22(31)28(23(19)32)16-8-7-12(9-15(16)25)10-17(29)30/h3-9,11,23-24,32H,10H2,1-2H3,(H,29,30). The number of benzene rings is 3. The number of alkyl halides is 2. The number of carbonyl (C=O) groups is 2. The third kappa shape index (κ3) is 4.01. The van der Waals surface area contributed by atoms with Crippen LogP contribution in [-0.2, 0) is 11.2 Å². The van der Waals surface area contributed by atoms with E-state index >= 15 is 0 Å². The molecule has 0 spiro atoms. The average molecular weight is 475 g/mol. The smallest absolute Gasteiger partial charge is 0.387 e. The van der Waals surface area contributed by atoms with Crippen molar-refractivity contribution >= 4 is 28.3 Å². The number of amides is 1. The molecule has 0 aliphatic carbocycles. The summed E-state index contributed by atoms with van der Waals surface area (Å²) in [6, 6.07) is 9.64. The number of hydrogen-bond acceptors (Lipinski definition) is 5. The van der Waals surface area contributed by atoms with Crippen molar-refractivity contribution in [1.29, 1.82) is 0 Å². The lowest BCUT2D eigenvalue weighted by atomic mass is 9.98. The summed E-state index contributed by atoms with van der Waals surface area (Å²) in [6.07, 6.45) is -2.73. The summed E-state index contributed by atoms with van der Waals surface area (Å²) in [5.41, 5.74) is -0.702. The van der Waals surface area contributed by atoms with Crippen LogP contribution in [0.1, 0.15) is 41.6 Å². The molecule has 0 radical (unpaired) electrons. The normalized spacial score (nSPS) is 15.4. The highest BCUT2D eigenvalue weighted by molar-refractivity contribution is 6.17. The average Bonchev–Trinajstić information content (AvgIpc) is 3.00. The van der Waals surface area contributed by atoms with E-state index in [9.17, 15) is 27.9 Å². The Kier molecular flexibility index (Phi) is 6.09. The minimum absolute atomic E-state index is 0.0525. The molecule has 1 aliphatic heterocycles. The lowest BCUT2D eigenvalue weighted by Gasteiger charge is -2.22. The molecule has 0 bridgehead atoms. The lowest BCUT2D eigenvalue weighted by molar-refractivity contribution is -0.136. The first-order valence-electron chi connectivity index (χ1n) is 10.3. The summed E-state index contributed by atoms with van der Waals surface area (Å²) in [4.78, 5) is 25.1. The highest BCUT2D eigenvalue weighted by Gasteiger charge is 2.44. The summed E-state index contributed by atoms with van der Waals surface area (Å²) in [7, 11) is 0. The van der Waals surface area contributed by atoms with E-state index in [1.807, 2.05) is 0 Å². The number of hydrogen-bond donors (Lipinski definition) is 2. The van der Waals surface area contributed by atoms with E-state index in [1.165, 1.54) is 12.1 Å². The Morgan fingerprint density at radius 1 is 1.09 bits per heavy atom. The number of aliphatic carboxylic acids is 1. The van der Waals surface area contributed by atoms with Gasteiger partial charge in [-0.2, -0.15) is 8.78 Å². The first-order chi connectivity index (χ1) is 16.1. The van der Waals surface area contributed by atoms with Crippen molar-refractivity contribution in [2.45, 2.75) is 39.2 Å². The van der Waals surface area contributed by atoms with Gasteiger partial charge in [0.05, 0.1) is 29.3 Å². The van der Waals surface area contributed by atoms with Gasteiger partial charge in [-0.1, -0.05) is 30.3 Å². The maximum atomic E-state index is 14.9. The molecule has 1 amide bonds. The Labute approximate surface area is 191 Å². The van der Waals surface area contributed by atoms with E-state index in [0.29, 0.717) is 10.3 Å². The highest BCUT2D eigenvalue weighted by Crippen LogP contribution is 2.50. The molecule has 0 saturated carbocycles. The predicted molar refractivity (Wildman–Crippen MR) is 116 cm³/mol. The molecule has 178 valence electrons. The first kappa shape index (κ1) is 23.4. The summed E-state index contributed by atoms with van der Waals surface area (Å²) in [5, 5.41) is 20.5. The van der Waals surface area contributed by atoms with Crippen molar-refractivity contribution < 1.29 is 42.4 Å². The van der Waals surface area contributed by atoms with Crippen LogP contribution >= 0.6 is 0 Å². The second kappa shape index (κ2) is 8.86. The molecule has 10 heteroatoms.